The van der Waals surface area contributed by atoms with Crippen LogP contribution in [0.2, 0.25) is 0 Å². The van der Waals surface area contributed by atoms with E-state index in [9.17, 15) is 9.59 Å². The van der Waals surface area contributed by atoms with Crippen molar-refractivity contribution in [2.45, 2.75) is 38.4 Å². The Hall–Kier alpha value is -3.25. The molecule has 6 nitrogen and oxygen atoms in total. The standard InChI is InChI=1S/C26H28N4O2/c1-2-30-25(32)29(19-22-10-5-9-21-8-3-4-11-23(21)22)24(31)26(30)12-15-28(16-13-26)18-20-7-6-14-27-17-20/h3-11,14,17H,2,12-13,15-16,18-19H2,1H3. The van der Waals surface area contributed by atoms with Crippen LogP contribution in [0.3, 0.4) is 0 Å². The molecule has 32 heavy (non-hydrogen) atoms. The number of likely N-dealkylation sites (N-methyl/N-ethyl adjacent to an activating group) is 1. The summed E-state index contributed by atoms with van der Waals surface area (Å²) in [6.07, 6.45) is 5.00. The lowest BCUT2D eigenvalue weighted by molar-refractivity contribution is -0.136. The summed E-state index contributed by atoms with van der Waals surface area (Å²) in [6, 6.07) is 18.0. The van der Waals surface area contributed by atoms with E-state index in [1.807, 2.05) is 48.4 Å². The molecule has 2 aliphatic rings. The van der Waals surface area contributed by atoms with Crippen molar-refractivity contribution in [3.63, 3.8) is 0 Å². The minimum atomic E-state index is -0.720. The van der Waals surface area contributed by atoms with Gasteiger partial charge in [-0.3, -0.25) is 19.6 Å². The van der Waals surface area contributed by atoms with Gasteiger partial charge in [-0.1, -0.05) is 48.5 Å². The van der Waals surface area contributed by atoms with Gasteiger partial charge in [-0.2, -0.15) is 0 Å². The number of hydrogen-bond acceptors (Lipinski definition) is 4. The predicted molar refractivity (Wildman–Crippen MR) is 124 cm³/mol. The Balaban J connectivity index is 1.36. The number of piperidine rings is 1. The number of rotatable bonds is 5. The fourth-order valence-electron chi connectivity index (χ4n) is 5.28. The molecule has 3 heterocycles. The summed E-state index contributed by atoms with van der Waals surface area (Å²) < 4.78 is 0. The van der Waals surface area contributed by atoms with E-state index in [0.717, 1.165) is 36.0 Å². The van der Waals surface area contributed by atoms with Gasteiger partial charge in [0.05, 0.1) is 6.54 Å². The summed E-state index contributed by atoms with van der Waals surface area (Å²) in [6.45, 7) is 5.21. The molecule has 5 rings (SSSR count). The number of fused-ring (bicyclic) bond motifs is 1. The lowest BCUT2D eigenvalue weighted by atomic mass is 9.85. The molecule has 0 bridgehead atoms. The van der Waals surface area contributed by atoms with E-state index in [0.29, 0.717) is 25.9 Å². The molecule has 0 saturated carbocycles. The second-order valence-electron chi connectivity index (χ2n) is 8.73. The van der Waals surface area contributed by atoms with Crippen molar-refractivity contribution >= 4 is 22.7 Å². The molecule has 2 aliphatic heterocycles. The highest BCUT2D eigenvalue weighted by Gasteiger charge is 2.57. The summed E-state index contributed by atoms with van der Waals surface area (Å²) in [5.41, 5.74) is 1.45. The van der Waals surface area contributed by atoms with Gasteiger partial charge in [0.15, 0.2) is 0 Å². The molecule has 6 heteroatoms. The fourth-order valence-corrected chi connectivity index (χ4v) is 5.28. The molecule has 2 aromatic carbocycles. The Morgan fingerprint density at radius 2 is 1.72 bits per heavy atom. The maximum atomic E-state index is 13.7. The lowest BCUT2D eigenvalue weighted by Gasteiger charge is -2.41. The zero-order valence-electron chi connectivity index (χ0n) is 18.4. The number of hydrogen-bond donors (Lipinski definition) is 0. The van der Waals surface area contributed by atoms with Crippen molar-refractivity contribution in [2.24, 2.45) is 0 Å². The van der Waals surface area contributed by atoms with Crippen molar-refractivity contribution in [1.82, 2.24) is 19.7 Å². The normalized spacial score (nSPS) is 18.8. The minimum Gasteiger partial charge on any atom is -0.310 e. The summed E-state index contributed by atoms with van der Waals surface area (Å²) in [5, 5.41) is 2.21. The monoisotopic (exact) mass is 428 g/mol. The molecule has 1 spiro atoms. The molecule has 3 aromatic rings. The number of nitrogens with zero attached hydrogens (tertiary/aromatic N) is 4. The number of likely N-dealkylation sites (tertiary alicyclic amines) is 1. The van der Waals surface area contributed by atoms with E-state index >= 15 is 0 Å². The molecule has 0 aliphatic carbocycles. The van der Waals surface area contributed by atoms with Crippen LogP contribution in [0, 0.1) is 0 Å². The van der Waals surface area contributed by atoms with Crippen LogP contribution in [0.1, 0.15) is 30.9 Å². The van der Waals surface area contributed by atoms with Gasteiger partial charge in [-0.25, -0.2) is 4.79 Å². The SMILES string of the molecule is CCN1C(=O)N(Cc2cccc3ccccc23)C(=O)C12CCN(Cc1cccnc1)CC2. The molecule has 1 aromatic heterocycles. The third-order valence-corrected chi connectivity index (χ3v) is 6.96. The van der Waals surface area contributed by atoms with Gasteiger partial charge in [-0.15, -0.1) is 0 Å². The van der Waals surface area contributed by atoms with Crippen LogP contribution in [-0.4, -0.2) is 56.8 Å². The molecule has 0 atom stereocenters. The predicted octanol–water partition coefficient (Wildman–Crippen LogP) is 4.05. The molecular weight excluding hydrogens is 400 g/mol. The van der Waals surface area contributed by atoms with Crippen LogP contribution in [0.25, 0.3) is 10.8 Å². The van der Waals surface area contributed by atoms with Gasteiger partial charge in [0.2, 0.25) is 0 Å². The molecule has 2 saturated heterocycles. The summed E-state index contributed by atoms with van der Waals surface area (Å²) in [7, 11) is 0. The first-order valence-corrected chi connectivity index (χ1v) is 11.3. The van der Waals surface area contributed by atoms with Crippen LogP contribution in [0.5, 0.6) is 0 Å². The third-order valence-electron chi connectivity index (χ3n) is 6.96. The Morgan fingerprint density at radius 3 is 2.47 bits per heavy atom. The van der Waals surface area contributed by atoms with Gasteiger partial charge in [0.25, 0.3) is 5.91 Å². The van der Waals surface area contributed by atoms with E-state index in [-0.39, 0.29) is 11.9 Å². The Bertz CT molecular complexity index is 1130. The number of imide groups is 1. The number of amides is 3. The van der Waals surface area contributed by atoms with Gasteiger partial charge in [-0.05, 0) is 47.7 Å². The van der Waals surface area contributed by atoms with Crippen molar-refractivity contribution in [1.29, 1.82) is 0 Å². The molecule has 0 radical (unpaired) electrons. The van der Waals surface area contributed by atoms with Crippen molar-refractivity contribution in [2.75, 3.05) is 19.6 Å². The third kappa shape index (κ3) is 3.45. The van der Waals surface area contributed by atoms with Gasteiger partial charge < -0.3 is 4.90 Å². The quantitative estimate of drug-likeness (QED) is 0.575. The number of pyridine rings is 1. The summed E-state index contributed by atoms with van der Waals surface area (Å²) in [4.78, 5) is 36.9. The highest BCUT2D eigenvalue weighted by Crippen LogP contribution is 2.38. The molecule has 0 N–H and O–H groups in total. The van der Waals surface area contributed by atoms with Gasteiger partial charge in [0, 0.05) is 38.6 Å². The highest BCUT2D eigenvalue weighted by molar-refractivity contribution is 6.07. The molecule has 3 amide bonds. The van der Waals surface area contributed by atoms with E-state index in [1.165, 1.54) is 10.5 Å². The first kappa shape index (κ1) is 20.6. The first-order chi connectivity index (χ1) is 15.6. The summed E-state index contributed by atoms with van der Waals surface area (Å²) in [5.74, 6) is -0.0432. The van der Waals surface area contributed by atoms with Crippen LogP contribution in [0.4, 0.5) is 4.79 Å². The van der Waals surface area contributed by atoms with Crippen LogP contribution in [-0.2, 0) is 17.9 Å². The maximum absolute atomic E-state index is 13.7. The van der Waals surface area contributed by atoms with Gasteiger partial charge in [0.1, 0.15) is 5.54 Å². The largest absolute Gasteiger partial charge is 0.327 e. The molecular formula is C26H28N4O2. The van der Waals surface area contributed by atoms with E-state index in [4.69, 9.17) is 0 Å². The fraction of sp³-hybridized carbons (Fsp3) is 0.346. The maximum Gasteiger partial charge on any atom is 0.327 e. The number of aromatic nitrogens is 1. The number of carbonyl (C=O) groups is 2. The number of carbonyl (C=O) groups excluding carboxylic acids is 2. The minimum absolute atomic E-state index is 0.0432. The lowest BCUT2D eigenvalue weighted by Crippen LogP contribution is -2.56. The molecule has 164 valence electrons. The van der Waals surface area contributed by atoms with E-state index in [1.54, 1.807) is 6.20 Å². The average Bonchev–Trinajstić information content (AvgIpc) is 3.02. The zero-order chi connectivity index (χ0) is 22.1. The molecule has 0 unspecified atom stereocenters. The van der Waals surface area contributed by atoms with Crippen molar-refractivity contribution in [3.8, 4) is 0 Å². The van der Waals surface area contributed by atoms with Crippen molar-refractivity contribution < 1.29 is 9.59 Å². The molecule has 2 fully saturated rings. The zero-order valence-corrected chi connectivity index (χ0v) is 18.4. The van der Waals surface area contributed by atoms with E-state index in [2.05, 4.69) is 34.1 Å². The second kappa shape index (κ2) is 8.36. The van der Waals surface area contributed by atoms with Crippen LogP contribution < -0.4 is 0 Å². The van der Waals surface area contributed by atoms with Gasteiger partial charge >= 0.3 is 6.03 Å². The second-order valence-corrected chi connectivity index (χ2v) is 8.73. The Morgan fingerprint density at radius 1 is 0.938 bits per heavy atom. The highest BCUT2D eigenvalue weighted by atomic mass is 16.2. The Kier molecular flexibility index (Phi) is 5.39. The summed E-state index contributed by atoms with van der Waals surface area (Å²) >= 11 is 0. The van der Waals surface area contributed by atoms with Crippen LogP contribution >= 0.6 is 0 Å². The number of urea groups is 1. The average molecular weight is 429 g/mol. The first-order valence-electron chi connectivity index (χ1n) is 11.3. The number of benzene rings is 2. The van der Waals surface area contributed by atoms with E-state index < -0.39 is 5.54 Å². The topological polar surface area (TPSA) is 56.8 Å². The van der Waals surface area contributed by atoms with Crippen molar-refractivity contribution in [3.05, 3.63) is 78.1 Å². The Labute approximate surface area is 188 Å². The smallest absolute Gasteiger partial charge is 0.310 e. The van der Waals surface area contributed by atoms with Crippen LogP contribution in [0.15, 0.2) is 67.0 Å².